The second kappa shape index (κ2) is 7.46. The zero-order chi connectivity index (χ0) is 15.2. The molecule has 1 heterocycles. The summed E-state index contributed by atoms with van der Waals surface area (Å²) in [6.07, 6.45) is 3.91. The number of likely N-dealkylation sites (tertiary alicyclic amines) is 1. The molecule has 112 valence electrons. The van der Waals surface area contributed by atoms with Crippen LogP contribution in [0.3, 0.4) is 0 Å². The maximum absolute atomic E-state index is 12.4. The molecule has 1 fully saturated rings. The van der Waals surface area contributed by atoms with Crippen molar-refractivity contribution in [2.24, 2.45) is 0 Å². The molecule has 21 heavy (non-hydrogen) atoms. The van der Waals surface area contributed by atoms with Crippen LogP contribution in [0.25, 0.3) is 0 Å². The molecule has 0 spiro atoms. The molecule has 1 atom stereocenters. The van der Waals surface area contributed by atoms with Gasteiger partial charge in [-0.1, -0.05) is 28.8 Å². The van der Waals surface area contributed by atoms with Crippen LogP contribution in [0.15, 0.2) is 22.7 Å². The molecular formula is C16H19BrN2O2. The summed E-state index contributed by atoms with van der Waals surface area (Å²) >= 11 is 3.32. The van der Waals surface area contributed by atoms with Crippen molar-refractivity contribution in [3.05, 3.63) is 28.2 Å². The molecule has 0 bridgehead atoms. The topological polar surface area (TPSA) is 53.3 Å². The number of nitriles is 1. The Bertz CT molecular complexity index is 546. The van der Waals surface area contributed by atoms with Gasteiger partial charge in [0.1, 0.15) is 11.8 Å². The lowest BCUT2D eigenvalue weighted by molar-refractivity contribution is -0.137. The fraction of sp³-hybridized carbons (Fsp3) is 0.500. The smallest absolute Gasteiger partial charge is 0.263 e. The average molecular weight is 351 g/mol. The lowest BCUT2D eigenvalue weighted by Gasteiger charge is -2.24. The first kappa shape index (κ1) is 15.8. The first-order valence-corrected chi connectivity index (χ1v) is 8.06. The Kier molecular flexibility index (Phi) is 5.63. The van der Waals surface area contributed by atoms with E-state index >= 15 is 0 Å². The summed E-state index contributed by atoms with van der Waals surface area (Å²) < 4.78 is 6.53. The third-order valence-electron chi connectivity index (χ3n) is 3.63. The molecule has 0 N–H and O–H groups in total. The van der Waals surface area contributed by atoms with Gasteiger partial charge in [-0.25, -0.2) is 0 Å². The molecule has 1 amide bonds. The van der Waals surface area contributed by atoms with Crippen LogP contribution >= 0.6 is 15.9 Å². The van der Waals surface area contributed by atoms with Gasteiger partial charge >= 0.3 is 0 Å². The highest BCUT2D eigenvalue weighted by Crippen LogP contribution is 2.24. The van der Waals surface area contributed by atoms with Crippen LogP contribution < -0.4 is 4.74 Å². The van der Waals surface area contributed by atoms with Crippen LogP contribution in [0.1, 0.15) is 38.2 Å². The summed E-state index contributed by atoms with van der Waals surface area (Å²) in [5.74, 6) is 0.458. The quantitative estimate of drug-likeness (QED) is 0.838. The Morgan fingerprint density at radius 3 is 2.62 bits per heavy atom. The van der Waals surface area contributed by atoms with E-state index in [1.165, 1.54) is 12.8 Å². The highest BCUT2D eigenvalue weighted by Gasteiger charge is 2.23. The Morgan fingerprint density at radius 2 is 2.00 bits per heavy atom. The highest BCUT2D eigenvalue weighted by atomic mass is 79.9. The van der Waals surface area contributed by atoms with Crippen LogP contribution in [0.2, 0.25) is 0 Å². The van der Waals surface area contributed by atoms with E-state index in [2.05, 4.69) is 22.0 Å². The normalized spacial score (nSPS) is 16.7. The monoisotopic (exact) mass is 350 g/mol. The van der Waals surface area contributed by atoms with E-state index in [0.717, 1.165) is 30.4 Å². The van der Waals surface area contributed by atoms with Crippen LogP contribution in [0, 0.1) is 11.3 Å². The molecule has 2 rings (SSSR count). The second-order valence-corrected chi connectivity index (χ2v) is 6.17. The highest BCUT2D eigenvalue weighted by molar-refractivity contribution is 9.10. The van der Waals surface area contributed by atoms with Crippen molar-refractivity contribution in [1.82, 2.24) is 4.90 Å². The van der Waals surface area contributed by atoms with E-state index in [9.17, 15) is 4.79 Å². The number of hydrogen-bond acceptors (Lipinski definition) is 3. The van der Waals surface area contributed by atoms with Crippen molar-refractivity contribution in [3.8, 4) is 11.8 Å². The summed E-state index contributed by atoms with van der Waals surface area (Å²) in [7, 11) is 0. The van der Waals surface area contributed by atoms with Gasteiger partial charge in [0.25, 0.3) is 5.91 Å². The van der Waals surface area contributed by atoms with Crippen LogP contribution in [-0.2, 0) is 4.79 Å². The second-order valence-electron chi connectivity index (χ2n) is 5.25. The number of nitrogens with zero attached hydrogens (tertiary/aromatic N) is 2. The molecule has 0 aliphatic carbocycles. The minimum atomic E-state index is -0.573. The SMILES string of the molecule is CC(Oc1ccc(Br)cc1C#N)C(=O)N1CCCCCC1. The minimum Gasteiger partial charge on any atom is -0.480 e. The summed E-state index contributed by atoms with van der Waals surface area (Å²) in [5, 5.41) is 9.13. The van der Waals surface area contributed by atoms with Gasteiger partial charge in [0.2, 0.25) is 0 Å². The third kappa shape index (κ3) is 4.21. The van der Waals surface area contributed by atoms with Gasteiger partial charge in [-0.05, 0) is 38.0 Å². The lowest BCUT2D eigenvalue weighted by atomic mass is 10.2. The van der Waals surface area contributed by atoms with Crippen molar-refractivity contribution in [2.75, 3.05) is 13.1 Å². The molecule has 5 heteroatoms. The Hall–Kier alpha value is -1.54. The van der Waals surface area contributed by atoms with E-state index in [-0.39, 0.29) is 5.91 Å². The molecule has 1 aliphatic heterocycles. The zero-order valence-electron chi connectivity index (χ0n) is 12.1. The minimum absolute atomic E-state index is 0.00343. The van der Waals surface area contributed by atoms with Crippen molar-refractivity contribution >= 4 is 21.8 Å². The van der Waals surface area contributed by atoms with Crippen LogP contribution in [0.5, 0.6) is 5.75 Å². The van der Waals surface area contributed by atoms with Gasteiger partial charge in [0.15, 0.2) is 6.10 Å². The predicted octanol–water partition coefficient (Wildman–Crippen LogP) is 3.49. The predicted molar refractivity (Wildman–Crippen MR) is 84.0 cm³/mol. The maximum atomic E-state index is 12.4. The van der Waals surface area contributed by atoms with Gasteiger partial charge in [-0.15, -0.1) is 0 Å². The number of ether oxygens (including phenoxy) is 1. The van der Waals surface area contributed by atoms with Gasteiger partial charge in [0, 0.05) is 17.6 Å². The van der Waals surface area contributed by atoms with E-state index < -0.39 is 6.10 Å². The molecule has 1 unspecified atom stereocenters. The number of rotatable bonds is 3. The van der Waals surface area contributed by atoms with Gasteiger partial charge in [-0.2, -0.15) is 5.26 Å². The summed E-state index contributed by atoms with van der Waals surface area (Å²) in [5.41, 5.74) is 0.430. The molecule has 1 aromatic rings. The lowest BCUT2D eigenvalue weighted by Crippen LogP contribution is -2.41. The molecule has 0 radical (unpaired) electrons. The molecular weight excluding hydrogens is 332 g/mol. The summed E-state index contributed by atoms with van der Waals surface area (Å²) in [4.78, 5) is 14.3. The van der Waals surface area contributed by atoms with Crippen LogP contribution in [0.4, 0.5) is 0 Å². The largest absolute Gasteiger partial charge is 0.480 e. The van der Waals surface area contributed by atoms with Crippen molar-refractivity contribution in [1.29, 1.82) is 5.26 Å². The van der Waals surface area contributed by atoms with Crippen LogP contribution in [-0.4, -0.2) is 30.0 Å². The van der Waals surface area contributed by atoms with E-state index in [0.29, 0.717) is 11.3 Å². The van der Waals surface area contributed by atoms with Gasteiger partial charge in [0.05, 0.1) is 5.56 Å². The number of hydrogen-bond donors (Lipinski definition) is 0. The van der Waals surface area contributed by atoms with Crippen molar-refractivity contribution in [3.63, 3.8) is 0 Å². The first-order chi connectivity index (χ1) is 10.1. The molecule has 1 aliphatic rings. The number of carbonyl (C=O) groups is 1. The molecule has 1 aromatic carbocycles. The zero-order valence-corrected chi connectivity index (χ0v) is 13.7. The number of amides is 1. The number of carbonyl (C=O) groups excluding carboxylic acids is 1. The molecule has 0 aromatic heterocycles. The fourth-order valence-corrected chi connectivity index (χ4v) is 2.84. The summed E-state index contributed by atoms with van der Waals surface area (Å²) in [6, 6.07) is 7.31. The molecule has 1 saturated heterocycles. The Labute approximate surface area is 133 Å². The van der Waals surface area contributed by atoms with Crippen molar-refractivity contribution in [2.45, 2.75) is 38.7 Å². The standard InChI is InChI=1S/C16H19BrN2O2/c1-12(16(20)19-8-4-2-3-5-9-19)21-15-7-6-14(17)10-13(15)11-18/h6-7,10,12H,2-5,8-9H2,1H3. The number of halogens is 1. The third-order valence-corrected chi connectivity index (χ3v) is 4.12. The first-order valence-electron chi connectivity index (χ1n) is 7.27. The maximum Gasteiger partial charge on any atom is 0.263 e. The fourth-order valence-electron chi connectivity index (χ4n) is 2.48. The Morgan fingerprint density at radius 1 is 1.33 bits per heavy atom. The average Bonchev–Trinajstić information content (AvgIpc) is 2.77. The van der Waals surface area contributed by atoms with E-state index in [1.54, 1.807) is 25.1 Å². The molecule has 0 saturated carbocycles. The Balaban J connectivity index is 2.05. The van der Waals surface area contributed by atoms with Gasteiger partial charge in [-0.3, -0.25) is 4.79 Å². The van der Waals surface area contributed by atoms with Crippen molar-refractivity contribution < 1.29 is 9.53 Å². The van der Waals surface area contributed by atoms with E-state index in [4.69, 9.17) is 10.00 Å². The van der Waals surface area contributed by atoms with E-state index in [1.807, 2.05) is 4.90 Å². The summed E-state index contributed by atoms with van der Waals surface area (Å²) in [6.45, 7) is 3.35. The number of benzene rings is 1. The van der Waals surface area contributed by atoms with Gasteiger partial charge < -0.3 is 9.64 Å². The molecule has 4 nitrogen and oxygen atoms in total.